The molecular formula is C16H12N4O2. The van der Waals surface area contributed by atoms with Gasteiger partial charge in [-0.05, 0) is 23.6 Å². The van der Waals surface area contributed by atoms with Crippen LogP contribution in [0.25, 0.3) is 10.8 Å². The van der Waals surface area contributed by atoms with Crippen molar-refractivity contribution in [2.45, 2.75) is 0 Å². The van der Waals surface area contributed by atoms with Crippen molar-refractivity contribution in [3.8, 4) is 0 Å². The molecule has 3 aromatic rings. The molecule has 0 bridgehead atoms. The Kier molecular flexibility index (Phi) is 3.49. The quantitative estimate of drug-likeness (QED) is 0.424. The number of nitrogens with one attached hydrogen (secondary N) is 1. The molecule has 6 nitrogen and oxygen atoms in total. The third-order valence-electron chi connectivity index (χ3n) is 3.40. The first-order valence-electron chi connectivity index (χ1n) is 6.60. The van der Waals surface area contributed by atoms with Crippen molar-refractivity contribution >= 4 is 27.8 Å². The molecule has 0 heterocycles. The second-order valence-corrected chi connectivity index (χ2v) is 4.68. The lowest BCUT2D eigenvalue weighted by Gasteiger charge is -2.19. The van der Waals surface area contributed by atoms with Crippen molar-refractivity contribution in [1.82, 2.24) is 0 Å². The smallest absolute Gasteiger partial charge is 0.258 e. The second-order valence-electron chi connectivity index (χ2n) is 4.68. The number of nitrogens with zero attached hydrogens (tertiary/aromatic N) is 3. The standard InChI is InChI=1S/C16H12N4O2/c17-18-19(13-8-10-14(11-9-13)20(21)22)16-7-3-5-12-4-1-2-6-15(12)16/h1-11,17H. The van der Waals surface area contributed by atoms with Crippen molar-refractivity contribution in [3.05, 3.63) is 76.8 Å². The van der Waals surface area contributed by atoms with Crippen LogP contribution < -0.4 is 5.01 Å². The van der Waals surface area contributed by atoms with Gasteiger partial charge in [0.05, 0.1) is 16.3 Å². The zero-order valence-electron chi connectivity index (χ0n) is 11.5. The van der Waals surface area contributed by atoms with Crippen LogP contribution >= 0.6 is 0 Å². The van der Waals surface area contributed by atoms with Gasteiger partial charge in [-0.25, -0.2) is 5.01 Å². The summed E-state index contributed by atoms with van der Waals surface area (Å²) in [4.78, 5) is 10.3. The maximum atomic E-state index is 10.7. The van der Waals surface area contributed by atoms with Crippen molar-refractivity contribution in [2.75, 3.05) is 5.01 Å². The van der Waals surface area contributed by atoms with Crippen molar-refractivity contribution in [1.29, 1.82) is 5.53 Å². The average molecular weight is 292 g/mol. The minimum Gasteiger partial charge on any atom is -0.258 e. The first-order valence-corrected chi connectivity index (χ1v) is 6.60. The van der Waals surface area contributed by atoms with Crippen LogP contribution in [-0.2, 0) is 0 Å². The third-order valence-corrected chi connectivity index (χ3v) is 3.40. The number of nitro groups is 1. The van der Waals surface area contributed by atoms with Crippen molar-refractivity contribution in [3.63, 3.8) is 0 Å². The molecule has 3 rings (SSSR count). The van der Waals surface area contributed by atoms with Crippen molar-refractivity contribution < 1.29 is 4.92 Å². The highest BCUT2D eigenvalue weighted by molar-refractivity contribution is 5.95. The highest BCUT2D eigenvalue weighted by Crippen LogP contribution is 2.33. The summed E-state index contributed by atoms with van der Waals surface area (Å²) in [5.74, 6) is 0. The lowest BCUT2D eigenvalue weighted by atomic mass is 10.1. The molecule has 0 aliphatic carbocycles. The molecule has 0 atom stereocenters. The molecule has 0 aromatic heterocycles. The summed E-state index contributed by atoms with van der Waals surface area (Å²) >= 11 is 0. The molecule has 3 aromatic carbocycles. The summed E-state index contributed by atoms with van der Waals surface area (Å²) in [5.41, 5.74) is 8.82. The van der Waals surface area contributed by atoms with E-state index in [1.54, 1.807) is 12.1 Å². The fourth-order valence-corrected chi connectivity index (χ4v) is 2.36. The minimum absolute atomic E-state index is 0.00611. The second kappa shape index (κ2) is 5.61. The average Bonchev–Trinajstić information content (AvgIpc) is 2.56. The number of nitro benzene ring substituents is 1. The Bertz CT molecular complexity index is 841. The Balaban J connectivity index is 2.10. The number of non-ortho nitro benzene ring substituents is 1. The number of rotatable bonds is 4. The summed E-state index contributed by atoms with van der Waals surface area (Å²) in [6, 6.07) is 19.5. The van der Waals surface area contributed by atoms with Crippen LogP contribution in [0.4, 0.5) is 17.1 Å². The summed E-state index contributed by atoms with van der Waals surface area (Å²) in [6.45, 7) is 0. The zero-order valence-corrected chi connectivity index (χ0v) is 11.5. The van der Waals surface area contributed by atoms with Gasteiger partial charge in [-0.2, -0.15) is 5.53 Å². The van der Waals surface area contributed by atoms with E-state index in [1.807, 2.05) is 42.5 Å². The van der Waals surface area contributed by atoms with Crippen LogP contribution in [0.1, 0.15) is 0 Å². The van der Waals surface area contributed by atoms with Crippen molar-refractivity contribution in [2.24, 2.45) is 5.22 Å². The SMILES string of the molecule is N=NN(c1ccc([N+](=O)[O-])cc1)c1cccc2ccccc12. The summed E-state index contributed by atoms with van der Waals surface area (Å²) < 4.78 is 0. The molecule has 0 amide bonds. The molecular weight excluding hydrogens is 280 g/mol. The molecule has 0 saturated heterocycles. The third kappa shape index (κ3) is 2.37. The monoisotopic (exact) mass is 292 g/mol. The summed E-state index contributed by atoms with van der Waals surface area (Å²) in [5, 5.41) is 17.7. The number of hydrogen-bond acceptors (Lipinski definition) is 4. The van der Waals surface area contributed by atoms with Gasteiger partial charge < -0.3 is 0 Å². The van der Waals surface area contributed by atoms with E-state index in [-0.39, 0.29) is 5.69 Å². The first-order chi connectivity index (χ1) is 10.7. The summed E-state index contributed by atoms with van der Waals surface area (Å²) in [7, 11) is 0. The van der Waals surface area contributed by atoms with E-state index >= 15 is 0 Å². The van der Waals surface area contributed by atoms with Gasteiger partial charge in [0.1, 0.15) is 0 Å². The lowest BCUT2D eigenvalue weighted by Crippen LogP contribution is -2.08. The highest BCUT2D eigenvalue weighted by Gasteiger charge is 2.13. The molecule has 1 N–H and O–H groups in total. The van der Waals surface area contributed by atoms with Gasteiger partial charge in [-0.15, -0.1) is 0 Å². The molecule has 0 spiro atoms. The molecule has 22 heavy (non-hydrogen) atoms. The lowest BCUT2D eigenvalue weighted by molar-refractivity contribution is -0.384. The Labute approximate surface area is 126 Å². The maximum absolute atomic E-state index is 10.7. The molecule has 0 unspecified atom stereocenters. The Morgan fingerprint density at radius 2 is 1.64 bits per heavy atom. The van der Waals surface area contributed by atoms with Gasteiger partial charge in [0.15, 0.2) is 0 Å². The van der Waals surface area contributed by atoms with E-state index in [4.69, 9.17) is 5.53 Å². The van der Waals surface area contributed by atoms with Gasteiger partial charge in [-0.3, -0.25) is 10.1 Å². The van der Waals surface area contributed by atoms with Crippen LogP contribution in [-0.4, -0.2) is 4.92 Å². The van der Waals surface area contributed by atoms with Crippen LogP contribution in [0.5, 0.6) is 0 Å². The van der Waals surface area contributed by atoms with E-state index in [0.717, 1.165) is 16.5 Å². The van der Waals surface area contributed by atoms with Crippen LogP contribution in [0, 0.1) is 15.6 Å². The zero-order chi connectivity index (χ0) is 15.5. The molecule has 6 heteroatoms. The van der Waals surface area contributed by atoms with E-state index < -0.39 is 4.92 Å². The van der Waals surface area contributed by atoms with Gasteiger partial charge >= 0.3 is 0 Å². The van der Waals surface area contributed by atoms with E-state index in [9.17, 15) is 10.1 Å². The predicted octanol–water partition coefficient (Wildman–Crippen LogP) is 4.83. The number of fused-ring (bicyclic) bond motifs is 1. The fraction of sp³-hybridized carbons (Fsp3) is 0. The maximum Gasteiger partial charge on any atom is 0.269 e. The number of benzene rings is 3. The molecule has 0 aliphatic rings. The molecule has 0 saturated carbocycles. The van der Waals surface area contributed by atoms with Gasteiger partial charge in [-0.1, -0.05) is 41.6 Å². The topological polar surface area (TPSA) is 82.6 Å². The molecule has 0 aliphatic heterocycles. The highest BCUT2D eigenvalue weighted by atomic mass is 16.6. The number of hydrogen-bond donors (Lipinski definition) is 1. The molecule has 0 fully saturated rings. The normalized spacial score (nSPS) is 10.4. The van der Waals surface area contributed by atoms with Crippen LogP contribution in [0.2, 0.25) is 0 Å². The van der Waals surface area contributed by atoms with E-state index in [2.05, 4.69) is 5.22 Å². The Hall–Kier alpha value is -3.28. The van der Waals surface area contributed by atoms with Crippen LogP contribution in [0.15, 0.2) is 72.0 Å². The molecule has 0 radical (unpaired) electrons. The van der Waals surface area contributed by atoms with Gasteiger partial charge in [0.2, 0.25) is 0 Å². The summed E-state index contributed by atoms with van der Waals surface area (Å²) in [6.07, 6.45) is 0. The van der Waals surface area contributed by atoms with Gasteiger partial charge in [0, 0.05) is 17.5 Å². The first kappa shape index (κ1) is 13.7. The molecule has 108 valence electrons. The largest absolute Gasteiger partial charge is 0.269 e. The fourth-order valence-electron chi connectivity index (χ4n) is 2.36. The van der Waals surface area contributed by atoms with Crippen LogP contribution in [0.3, 0.4) is 0 Å². The van der Waals surface area contributed by atoms with E-state index in [0.29, 0.717) is 5.69 Å². The predicted molar refractivity (Wildman–Crippen MR) is 84.3 cm³/mol. The number of anilines is 2. The minimum atomic E-state index is -0.454. The Morgan fingerprint density at radius 3 is 2.32 bits per heavy atom. The van der Waals surface area contributed by atoms with Gasteiger partial charge in [0.25, 0.3) is 5.69 Å². The Morgan fingerprint density at radius 1 is 0.955 bits per heavy atom. The van der Waals surface area contributed by atoms with E-state index in [1.165, 1.54) is 17.1 Å².